The molecule has 2 aromatic carbocycles. The van der Waals surface area contributed by atoms with Crippen LogP contribution in [0.15, 0.2) is 72.8 Å². The standard InChI is InChI=1S/C22H22N2O5/c1-3-4-5-6-21(26)29-15-20(25)23-17-9-7-16(8-10-17)22(27)24-18-11-13-19(28-2)14-12-18/h3-14H,15H2,1-2H3,(H,23,25)(H,24,27)/b4-3+,6-5+. The maximum absolute atomic E-state index is 12.3. The van der Waals surface area contributed by atoms with Crippen molar-refractivity contribution in [3.05, 3.63) is 78.4 Å². The van der Waals surface area contributed by atoms with Gasteiger partial charge in [-0.15, -0.1) is 0 Å². The van der Waals surface area contributed by atoms with Gasteiger partial charge in [0.05, 0.1) is 7.11 Å². The highest BCUT2D eigenvalue weighted by Crippen LogP contribution is 2.16. The van der Waals surface area contributed by atoms with E-state index in [-0.39, 0.29) is 5.91 Å². The first-order valence-corrected chi connectivity index (χ1v) is 8.83. The summed E-state index contributed by atoms with van der Waals surface area (Å²) in [6, 6.07) is 13.3. The Hall–Kier alpha value is -3.87. The quantitative estimate of drug-likeness (QED) is 0.406. The van der Waals surface area contributed by atoms with Gasteiger partial charge in [0.25, 0.3) is 11.8 Å². The summed E-state index contributed by atoms with van der Waals surface area (Å²) in [5.74, 6) is -0.672. The second kappa shape index (κ2) is 11.1. The molecule has 0 atom stereocenters. The van der Waals surface area contributed by atoms with Crippen LogP contribution >= 0.6 is 0 Å². The zero-order chi connectivity index (χ0) is 21.1. The Balaban J connectivity index is 1.84. The maximum atomic E-state index is 12.3. The number of allylic oxidation sites excluding steroid dienone is 3. The third-order valence-electron chi connectivity index (χ3n) is 3.66. The van der Waals surface area contributed by atoms with E-state index >= 15 is 0 Å². The van der Waals surface area contributed by atoms with Crippen molar-refractivity contribution in [3.8, 4) is 5.75 Å². The number of rotatable bonds is 8. The average Bonchev–Trinajstić information content (AvgIpc) is 2.73. The molecule has 0 aliphatic heterocycles. The number of hydrogen-bond acceptors (Lipinski definition) is 5. The van der Waals surface area contributed by atoms with E-state index in [1.807, 2.05) is 6.92 Å². The molecule has 0 unspecified atom stereocenters. The molecule has 2 amide bonds. The van der Waals surface area contributed by atoms with E-state index in [2.05, 4.69) is 10.6 Å². The number of anilines is 2. The fraction of sp³-hybridized carbons (Fsp3) is 0.136. The second-order valence-corrected chi connectivity index (χ2v) is 5.80. The largest absolute Gasteiger partial charge is 0.497 e. The van der Waals surface area contributed by atoms with Gasteiger partial charge in [0, 0.05) is 23.0 Å². The average molecular weight is 394 g/mol. The molecular weight excluding hydrogens is 372 g/mol. The van der Waals surface area contributed by atoms with Crippen molar-refractivity contribution in [2.24, 2.45) is 0 Å². The predicted octanol–water partition coefficient (Wildman–Crippen LogP) is 3.56. The lowest BCUT2D eigenvalue weighted by Crippen LogP contribution is -2.20. The predicted molar refractivity (Wildman–Crippen MR) is 111 cm³/mol. The van der Waals surface area contributed by atoms with Crippen LogP contribution in [0, 0.1) is 0 Å². The highest BCUT2D eigenvalue weighted by Gasteiger charge is 2.09. The van der Waals surface area contributed by atoms with Gasteiger partial charge in [-0.1, -0.05) is 18.2 Å². The highest BCUT2D eigenvalue weighted by atomic mass is 16.5. The lowest BCUT2D eigenvalue weighted by molar-refractivity contribution is -0.142. The molecule has 0 spiro atoms. The van der Waals surface area contributed by atoms with Crippen molar-refractivity contribution in [1.82, 2.24) is 0 Å². The minimum atomic E-state index is -0.608. The normalized spacial score (nSPS) is 10.7. The van der Waals surface area contributed by atoms with Crippen LogP contribution in [0.3, 0.4) is 0 Å². The first-order chi connectivity index (χ1) is 14.0. The summed E-state index contributed by atoms with van der Waals surface area (Å²) in [5, 5.41) is 5.37. The van der Waals surface area contributed by atoms with Gasteiger partial charge in [-0.05, 0) is 55.5 Å². The summed E-state index contributed by atoms with van der Waals surface area (Å²) in [6.45, 7) is 1.41. The fourth-order valence-corrected chi connectivity index (χ4v) is 2.21. The highest BCUT2D eigenvalue weighted by molar-refractivity contribution is 6.04. The second-order valence-electron chi connectivity index (χ2n) is 5.80. The third kappa shape index (κ3) is 7.34. The Morgan fingerprint density at radius 1 is 0.897 bits per heavy atom. The molecule has 0 aliphatic carbocycles. The van der Waals surface area contributed by atoms with E-state index in [1.165, 1.54) is 12.2 Å². The minimum Gasteiger partial charge on any atom is -0.497 e. The molecule has 2 aromatic rings. The summed E-state index contributed by atoms with van der Waals surface area (Å²) in [6.07, 6.45) is 6.19. The van der Waals surface area contributed by atoms with E-state index in [0.29, 0.717) is 22.7 Å². The molecule has 2 N–H and O–H groups in total. The SMILES string of the molecule is C/C=C/C=C/C(=O)OCC(=O)Nc1ccc(C(=O)Nc2ccc(OC)cc2)cc1. The van der Waals surface area contributed by atoms with Gasteiger partial charge in [-0.2, -0.15) is 0 Å². The number of methoxy groups -OCH3 is 1. The third-order valence-corrected chi connectivity index (χ3v) is 3.66. The molecule has 7 nitrogen and oxygen atoms in total. The molecular formula is C22H22N2O5. The number of esters is 1. The van der Waals surface area contributed by atoms with Crippen LogP contribution in [0.2, 0.25) is 0 Å². The number of carbonyl (C=O) groups is 3. The van der Waals surface area contributed by atoms with Crippen LogP contribution < -0.4 is 15.4 Å². The zero-order valence-electron chi connectivity index (χ0n) is 16.2. The van der Waals surface area contributed by atoms with Gasteiger partial charge in [0.1, 0.15) is 5.75 Å². The Kier molecular flexibility index (Phi) is 8.19. The molecule has 0 aliphatic rings. The van der Waals surface area contributed by atoms with Crippen LogP contribution in [-0.2, 0) is 14.3 Å². The number of benzene rings is 2. The van der Waals surface area contributed by atoms with Gasteiger partial charge >= 0.3 is 5.97 Å². The number of carbonyl (C=O) groups excluding carboxylic acids is 3. The molecule has 0 aromatic heterocycles. The molecule has 7 heteroatoms. The Labute approximate surface area is 169 Å². The van der Waals surface area contributed by atoms with Gasteiger partial charge in [-0.25, -0.2) is 4.79 Å². The summed E-state index contributed by atoms with van der Waals surface area (Å²) in [5.41, 5.74) is 1.55. The van der Waals surface area contributed by atoms with Crippen molar-refractivity contribution in [3.63, 3.8) is 0 Å². The topological polar surface area (TPSA) is 93.7 Å². The lowest BCUT2D eigenvalue weighted by atomic mass is 10.2. The smallest absolute Gasteiger partial charge is 0.331 e. The molecule has 150 valence electrons. The van der Waals surface area contributed by atoms with Crippen molar-refractivity contribution < 1.29 is 23.9 Å². The number of ether oxygens (including phenoxy) is 2. The first kappa shape index (κ1) is 21.4. The summed E-state index contributed by atoms with van der Waals surface area (Å²) in [7, 11) is 1.57. The van der Waals surface area contributed by atoms with Crippen LogP contribution in [0.1, 0.15) is 17.3 Å². The molecule has 0 saturated carbocycles. The Morgan fingerprint density at radius 3 is 2.14 bits per heavy atom. The Bertz CT molecular complexity index is 900. The van der Waals surface area contributed by atoms with Crippen molar-refractivity contribution in [2.45, 2.75) is 6.92 Å². The number of amides is 2. The maximum Gasteiger partial charge on any atom is 0.331 e. The van der Waals surface area contributed by atoms with Crippen molar-refractivity contribution in [2.75, 3.05) is 24.4 Å². The number of nitrogens with one attached hydrogen (secondary N) is 2. The van der Waals surface area contributed by atoms with E-state index in [9.17, 15) is 14.4 Å². The first-order valence-electron chi connectivity index (χ1n) is 8.83. The van der Waals surface area contributed by atoms with Crippen LogP contribution in [0.5, 0.6) is 5.75 Å². The molecule has 29 heavy (non-hydrogen) atoms. The molecule has 0 fully saturated rings. The van der Waals surface area contributed by atoms with E-state index in [4.69, 9.17) is 9.47 Å². The summed E-state index contributed by atoms with van der Waals surface area (Å²) in [4.78, 5) is 35.5. The van der Waals surface area contributed by atoms with E-state index < -0.39 is 18.5 Å². The van der Waals surface area contributed by atoms with E-state index in [1.54, 1.807) is 67.8 Å². The summed E-state index contributed by atoms with van der Waals surface area (Å²) >= 11 is 0. The van der Waals surface area contributed by atoms with Gasteiger partial charge in [0.2, 0.25) is 0 Å². The van der Waals surface area contributed by atoms with Crippen molar-refractivity contribution >= 4 is 29.2 Å². The molecule has 0 saturated heterocycles. The Morgan fingerprint density at radius 2 is 1.52 bits per heavy atom. The lowest BCUT2D eigenvalue weighted by Gasteiger charge is -2.08. The van der Waals surface area contributed by atoms with E-state index in [0.717, 1.165) is 0 Å². The molecule has 0 heterocycles. The minimum absolute atomic E-state index is 0.283. The van der Waals surface area contributed by atoms with Gasteiger partial charge in [0.15, 0.2) is 6.61 Å². The number of hydrogen-bond donors (Lipinski definition) is 2. The monoisotopic (exact) mass is 394 g/mol. The molecule has 0 bridgehead atoms. The zero-order valence-corrected chi connectivity index (χ0v) is 16.2. The molecule has 2 rings (SSSR count). The van der Waals surface area contributed by atoms with Crippen LogP contribution in [0.4, 0.5) is 11.4 Å². The van der Waals surface area contributed by atoms with Crippen molar-refractivity contribution in [1.29, 1.82) is 0 Å². The molecule has 0 radical (unpaired) electrons. The van der Waals surface area contributed by atoms with Gasteiger partial charge in [-0.3, -0.25) is 9.59 Å². The van der Waals surface area contributed by atoms with Crippen LogP contribution in [-0.4, -0.2) is 31.5 Å². The summed E-state index contributed by atoms with van der Waals surface area (Å²) < 4.78 is 9.90. The van der Waals surface area contributed by atoms with Crippen LogP contribution in [0.25, 0.3) is 0 Å². The fourth-order valence-electron chi connectivity index (χ4n) is 2.21. The van der Waals surface area contributed by atoms with Gasteiger partial charge < -0.3 is 20.1 Å².